The number of amides is 3. The van der Waals surface area contributed by atoms with Gasteiger partial charge in [-0.2, -0.15) is 0 Å². The van der Waals surface area contributed by atoms with E-state index in [9.17, 15) is 14.4 Å². The van der Waals surface area contributed by atoms with Crippen LogP contribution in [0.1, 0.15) is 19.4 Å². The smallest absolute Gasteiger partial charge is 0.240 e. The molecular formula is C22H24N4O3. The molecule has 0 saturated carbocycles. The first-order chi connectivity index (χ1) is 13.9. The van der Waals surface area contributed by atoms with Crippen molar-refractivity contribution in [1.82, 2.24) is 10.3 Å². The predicted octanol–water partition coefficient (Wildman–Crippen LogP) is 2.84. The number of H-pyrrole nitrogens is 1. The van der Waals surface area contributed by atoms with Crippen LogP contribution < -0.4 is 15.5 Å². The molecule has 0 atom stereocenters. The monoisotopic (exact) mass is 392 g/mol. The first-order valence-corrected chi connectivity index (χ1v) is 9.41. The number of hydrogen-bond donors (Lipinski definition) is 3. The Morgan fingerprint density at radius 2 is 1.72 bits per heavy atom. The van der Waals surface area contributed by atoms with Crippen molar-refractivity contribution in [2.24, 2.45) is 0 Å². The van der Waals surface area contributed by atoms with E-state index in [2.05, 4.69) is 15.6 Å². The lowest BCUT2D eigenvalue weighted by molar-refractivity contribution is -0.123. The zero-order valence-electron chi connectivity index (χ0n) is 16.5. The van der Waals surface area contributed by atoms with Crippen LogP contribution in [0.5, 0.6) is 0 Å². The van der Waals surface area contributed by atoms with Crippen molar-refractivity contribution in [3.05, 3.63) is 60.3 Å². The molecule has 0 spiro atoms. The number of carbonyl (C=O) groups excluding carboxylic acids is 3. The minimum Gasteiger partial charge on any atom is -0.361 e. The summed E-state index contributed by atoms with van der Waals surface area (Å²) in [6.07, 6.45) is 2.65. The van der Waals surface area contributed by atoms with Gasteiger partial charge in [-0.3, -0.25) is 14.4 Å². The normalized spacial score (nSPS) is 10.6. The molecule has 29 heavy (non-hydrogen) atoms. The number of rotatable bonds is 7. The Hall–Kier alpha value is -3.61. The van der Waals surface area contributed by atoms with Crippen molar-refractivity contribution >= 4 is 40.0 Å². The highest BCUT2D eigenvalue weighted by Crippen LogP contribution is 2.19. The van der Waals surface area contributed by atoms with Crippen molar-refractivity contribution in [3.63, 3.8) is 0 Å². The van der Waals surface area contributed by atoms with Crippen LogP contribution >= 0.6 is 0 Å². The van der Waals surface area contributed by atoms with E-state index in [1.54, 1.807) is 24.3 Å². The lowest BCUT2D eigenvalue weighted by Crippen LogP contribution is -2.40. The van der Waals surface area contributed by atoms with Gasteiger partial charge in [-0.15, -0.1) is 0 Å². The van der Waals surface area contributed by atoms with Gasteiger partial charge in [0.1, 0.15) is 6.54 Å². The third kappa shape index (κ3) is 5.22. The largest absolute Gasteiger partial charge is 0.361 e. The number of carbonyl (C=O) groups is 3. The third-order valence-corrected chi connectivity index (χ3v) is 4.57. The predicted molar refractivity (Wildman–Crippen MR) is 114 cm³/mol. The summed E-state index contributed by atoms with van der Waals surface area (Å²) in [7, 11) is 0. The summed E-state index contributed by atoms with van der Waals surface area (Å²) >= 11 is 0. The Kier molecular flexibility index (Phi) is 6.29. The summed E-state index contributed by atoms with van der Waals surface area (Å²) in [5.74, 6) is -0.634. The lowest BCUT2D eigenvalue weighted by Gasteiger charge is -2.21. The van der Waals surface area contributed by atoms with Crippen LogP contribution in [0.4, 0.5) is 11.4 Å². The van der Waals surface area contributed by atoms with E-state index in [4.69, 9.17) is 0 Å². The molecule has 7 heteroatoms. The molecule has 3 N–H and O–H groups in total. The van der Waals surface area contributed by atoms with Gasteiger partial charge in [0.15, 0.2) is 0 Å². The van der Waals surface area contributed by atoms with Crippen LogP contribution in [0.25, 0.3) is 10.9 Å². The molecule has 0 saturated heterocycles. The van der Waals surface area contributed by atoms with Gasteiger partial charge < -0.3 is 20.5 Å². The van der Waals surface area contributed by atoms with Gasteiger partial charge >= 0.3 is 0 Å². The first-order valence-electron chi connectivity index (χ1n) is 9.41. The number of benzene rings is 2. The molecule has 0 radical (unpaired) electrons. The summed E-state index contributed by atoms with van der Waals surface area (Å²) in [4.78, 5) is 40.1. The average Bonchev–Trinajstić information content (AvgIpc) is 3.09. The molecule has 3 aromatic rings. The zero-order valence-corrected chi connectivity index (χ0v) is 16.5. The fourth-order valence-electron chi connectivity index (χ4n) is 3.19. The van der Waals surface area contributed by atoms with Gasteiger partial charge in [-0.25, -0.2) is 0 Å². The highest BCUT2D eigenvalue weighted by molar-refractivity contribution is 5.98. The van der Waals surface area contributed by atoms with Crippen LogP contribution in [0.15, 0.2) is 54.7 Å². The third-order valence-electron chi connectivity index (χ3n) is 4.57. The minimum atomic E-state index is -0.232. The number of nitrogens with one attached hydrogen (secondary N) is 3. The SMILES string of the molecule is CC(=O)Nc1ccc(N(CC(=O)NCCc2c[nH]c3ccccc23)C(C)=O)cc1. The second-order valence-electron chi connectivity index (χ2n) is 6.79. The van der Waals surface area contributed by atoms with Gasteiger partial charge in [-0.1, -0.05) is 18.2 Å². The van der Waals surface area contributed by atoms with Crippen LogP contribution in [-0.2, 0) is 20.8 Å². The highest BCUT2D eigenvalue weighted by Gasteiger charge is 2.16. The Balaban J connectivity index is 1.57. The van der Waals surface area contributed by atoms with E-state index in [0.29, 0.717) is 24.3 Å². The number of aromatic nitrogens is 1. The van der Waals surface area contributed by atoms with E-state index in [-0.39, 0.29) is 24.3 Å². The molecule has 1 aromatic heterocycles. The molecule has 0 aliphatic rings. The molecule has 0 aliphatic carbocycles. The molecule has 2 aromatic carbocycles. The number of hydrogen-bond acceptors (Lipinski definition) is 3. The lowest BCUT2D eigenvalue weighted by atomic mass is 10.1. The first kappa shape index (κ1) is 20.1. The number of anilines is 2. The molecule has 150 valence electrons. The molecule has 1 heterocycles. The van der Waals surface area contributed by atoms with Crippen molar-refractivity contribution in [3.8, 4) is 0 Å². The Morgan fingerprint density at radius 3 is 2.41 bits per heavy atom. The topological polar surface area (TPSA) is 94.3 Å². The summed E-state index contributed by atoms with van der Waals surface area (Å²) in [5, 5.41) is 6.69. The second kappa shape index (κ2) is 9.05. The van der Waals surface area contributed by atoms with Gasteiger partial charge in [0.2, 0.25) is 17.7 Å². The minimum absolute atomic E-state index is 0.0668. The Bertz CT molecular complexity index is 1020. The number of aromatic amines is 1. The van der Waals surface area contributed by atoms with Gasteiger partial charge in [0, 0.05) is 48.9 Å². The van der Waals surface area contributed by atoms with E-state index in [1.165, 1.54) is 18.7 Å². The van der Waals surface area contributed by atoms with Crippen LogP contribution in [0, 0.1) is 0 Å². The quantitative estimate of drug-likeness (QED) is 0.577. The van der Waals surface area contributed by atoms with E-state index in [0.717, 1.165) is 16.5 Å². The number of fused-ring (bicyclic) bond motifs is 1. The molecule has 3 rings (SSSR count). The summed E-state index contributed by atoms with van der Waals surface area (Å²) in [6, 6.07) is 14.8. The summed E-state index contributed by atoms with van der Waals surface area (Å²) in [5.41, 5.74) is 3.43. The molecule has 0 aliphatic heterocycles. The van der Waals surface area contributed by atoms with E-state index >= 15 is 0 Å². The fourth-order valence-corrected chi connectivity index (χ4v) is 3.19. The number of para-hydroxylation sites is 1. The Morgan fingerprint density at radius 1 is 1.00 bits per heavy atom. The Labute approximate surface area is 169 Å². The highest BCUT2D eigenvalue weighted by atomic mass is 16.2. The zero-order chi connectivity index (χ0) is 20.8. The average molecular weight is 392 g/mol. The van der Waals surface area contributed by atoms with E-state index in [1.807, 2.05) is 30.5 Å². The van der Waals surface area contributed by atoms with Gasteiger partial charge in [0.05, 0.1) is 0 Å². The maximum absolute atomic E-state index is 12.4. The second-order valence-corrected chi connectivity index (χ2v) is 6.79. The molecule has 0 fully saturated rings. The molecule has 7 nitrogen and oxygen atoms in total. The summed E-state index contributed by atoms with van der Waals surface area (Å²) < 4.78 is 0. The molecule has 3 amide bonds. The van der Waals surface area contributed by atoms with Crippen LogP contribution in [0.3, 0.4) is 0 Å². The van der Waals surface area contributed by atoms with Crippen LogP contribution in [-0.4, -0.2) is 35.8 Å². The van der Waals surface area contributed by atoms with Crippen molar-refractivity contribution in [2.75, 3.05) is 23.3 Å². The van der Waals surface area contributed by atoms with Crippen molar-refractivity contribution < 1.29 is 14.4 Å². The van der Waals surface area contributed by atoms with Crippen molar-refractivity contribution in [1.29, 1.82) is 0 Å². The maximum Gasteiger partial charge on any atom is 0.240 e. The molecule has 0 bridgehead atoms. The van der Waals surface area contributed by atoms with Crippen molar-refractivity contribution in [2.45, 2.75) is 20.3 Å². The fraction of sp³-hybridized carbons (Fsp3) is 0.227. The standard InChI is InChI=1S/C22H24N4O3/c1-15(27)25-18-7-9-19(10-8-18)26(16(2)28)14-22(29)23-12-11-17-13-24-21-6-4-3-5-20(17)21/h3-10,13,24H,11-12,14H2,1-2H3,(H,23,29)(H,25,27). The van der Waals surface area contributed by atoms with Gasteiger partial charge in [0.25, 0.3) is 0 Å². The molecule has 0 unspecified atom stereocenters. The summed E-state index contributed by atoms with van der Waals surface area (Å²) in [6.45, 7) is 3.26. The number of nitrogens with zero attached hydrogens (tertiary/aromatic N) is 1. The maximum atomic E-state index is 12.4. The molecular weight excluding hydrogens is 368 g/mol. The van der Waals surface area contributed by atoms with Crippen LogP contribution in [0.2, 0.25) is 0 Å². The van der Waals surface area contributed by atoms with Gasteiger partial charge in [-0.05, 0) is 42.3 Å². The van der Waals surface area contributed by atoms with E-state index < -0.39 is 0 Å².